The van der Waals surface area contributed by atoms with Gasteiger partial charge in [-0.1, -0.05) is 47.5 Å². The molecule has 0 aliphatic heterocycles. The molecule has 0 aromatic heterocycles. The van der Waals surface area contributed by atoms with Gasteiger partial charge in [0.05, 0.1) is 6.10 Å². The quantitative estimate of drug-likeness (QED) is 0.504. The molecule has 1 nitrogen and oxygen atoms in total. The van der Waals surface area contributed by atoms with E-state index in [1.54, 1.807) is 0 Å². The van der Waals surface area contributed by atoms with Crippen molar-refractivity contribution in [2.24, 2.45) is 51.2 Å². The highest BCUT2D eigenvalue weighted by Gasteiger charge is 2.65. The van der Waals surface area contributed by atoms with Crippen LogP contribution in [0.25, 0.3) is 0 Å². The van der Waals surface area contributed by atoms with Gasteiger partial charge in [-0.05, 0) is 115 Å². The first-order valence-electron chi connectivity index (χ1n) is 12.9. The van der Waals surface area contributed by atoms with Gasteiger partial charge in [0.1, 0.15) is 0 Å². The fourth-order valence-corrected chi connectivity index (χ4v) is 11.0. The van der Waals surface area contributed by atoms with Crippen molar-refractivity contribution in [3.8, 4) is 0 Å². The Morgan fingerprint density at radius 1 is 0.714 bits per heavy atom. The maximum absolute atomic E-state index is 10.8. The van der Waals surface area contributed by atoms with E-state index >= 15 is 0 Å². The Morgan fingerprint density at radius 3 is 2.21 bits per heavy atom. The summed E-state index contributed by atoms with van der Waals surface area (Å²) in [5, 5.41) is 10.8. The lowest BCUT2D eigenvalue weighted by Crippen LogP contribution is -2.63. The Hall–Kier alpha value is -0.0400. The number of fused-ring (bicyclic) bond motifs is 7. The van der Waals surface area contributed by atoms with Gasteiger partial charge in [0.15, 0.2) is 0 Å². The molecule has 0 radical (unpaired) electrons. The Kier molecular flexibility index (Phi) is 4.43. The molecular weight excluding hydrogens is 340 g/mol. The molecule has 5 rings (SSSR count). The topological polar surface area (TPSA) is 20.2 Å². The maximum atomic E-state index is 10.8. The summed E-state index contributed by atoms with van der Waals surface area (Å²) in [6.45, 7) is 12.6. The van der Waals surface area contributed by atoms with Crippen molar-refractivity contribution in [3.05, 3.63) is 0 Å². The van der Waals surface area contributed by atoms with E-state index in [1.807, 2.05) is 0 Å². The van der Waals surface area contributed by atoms with Crippen LogP contribution in [0.3, 0.4) is 0 Å². The predicted molar refractivity (Wildman–Crippen MR) is 117 cm³/mol. The summed E-state index contributed by atoms with van der Waals surface area (Å²) in [5.41, 5.74) is 1.84. The van der Waals surface area contributed by atoms with Crippen molar-refractivity contribution >= 4 is 0 Å². The lowest BCUT2D eigenvalue weighted by molar-refractivity contribution is -0.214. The molecule has 0 heterocycles. The zero-order valence-electron chi connectivity index (χ0n) is 19.4. The second-order valence-corrected chi connectivity index (χ2v) is 13.1. The number of aliphatic hydroxyl groups is 1. The van der Waals surface area contributed by atoms with E-state index in [1.165, 1.54) is 70.6 Å². The van der Waals surface area contributed by atoms with E-state index in [-0.39, 0.29) is 11.5 Å². The highest BCUT2D eigenvalue weighted by molar-refractivity contribution is 5.14. The number of hydrogen-bond acceptors (Lipinski definition) is 1. The van der Waals surface area contributed by atoms with Crippen LogP contribution in [0.1, 0.15) is 112 Å². The first kappa shape index (κ1) is 19.9. The van der Waals surface area contributed by atoms with Crippen molar-refractivity contribution < 1.29 is 5.11 Å². The van der Waals surface area contributed by atoms with Crippen LogP contribution in [-0.4, -0.2) is 11.2 Å². The molecular formula is C27H46O. The van der Waals surface area contributed by atoms with Crippen molar-refractivity contribution in [2.75, 3.05) is 0 Å². The van der Waals surface area contributed by atoms with Crippen LogP contribution >= 0.6 is 0 Å². The average Bonchev–Trinajstić information content (AvgIpc) is 3.10. The first-order chi connectivity index (χ1) is 13.2. The fourth-order valence-electron chi connectivity index (χ4n) is 11.0. The molecule has 9 atom stereocenters. The van der Waals surface area contributed by atoms with E-state index in [9.17, 15) is 5.11 Å². The maximum Gasteiger partial charge on any atom is 0.0594 e. The summed E-state index contributed by atoms with van der Waals surface area (Å²) >= 11 is 0. The Bertz CT molecular complexity index is 624. The van der Waals surface area contributed by atoms with Gasteiger partial charge in [0, 0.05) is 0 Å². The summed E-state index contributed by atoms with van der Waals surface area (Å²) < 4.78 is 0. The molecule has 0 bridgehead atoms. The van der Waals surface area contributed by atoms with Gasteiger partial charge in [0.2, 0.25) is 0 Å². The van der Waals surface area contributed by atoms with Crippen LogP contribution in [-0.2, 0) is 0 Å². The molecule has 5 aliphatic carbocycles. The summed E-state index contributed by atoms with van der Waals surface area (Å²) in [7, 11) is 0. The normalized spacial score (nSPS) is 57.6. The van der Waals surface area contributed by atoms with Gasteiger partial charge in [-0.2, -0.15) is 0 Å². The van der Waals surface area contributed by atoms with Gasteiger partial charge in [-0.25, -0.2) is 0 Å². The average molecular weight is 387 g/mol. The molecule has 1 N–H and O–H groups in total. The van der Waals surface area contributed by atoms with Crippen LogP contribution in [0.5, 0.6) is 0 Å². The molecule has 0 aromatic rings. The third kappa shape index (κ3) is 2.35. The number of rotatable bonds is 1. The highest BCUT2D eigenvalue weighted by atomic mass is 16.3. The van der Waals surface area contributed by atoms with E-state index in [0.29, 0.717) is 16.7 Å². The van der Waals surface area contributed by atoms with E-state index in [2.05, 4.69) is 34.6 Å². The molecule has 0 amide bonds. The summed E-state index contributed by atoms with van der Waals surface area (Å²) in [4.78, 5) is 0. The molecule has 1 heteroatoms. The second-order valence-electron chi connectivity index (χ2n) is 13.1. The zero-order chi connectivity index (χ0) is 19.9. The Labute approximate surface area is 174 Å². The minimum atomic E-state index is -0.0930. The molecule has 0 saturated heterocycles. The van der Waals surface area contributed by atoms with Crippen molar-refractivity contribution in [1.82, 2.24) is 0 Å². The highest BCUT2D eigenvalue weighted by Crippen LogP contribution is 2.73. The molecule has 5 aliphatic rings. The molecule has 5 saturated carbocycles. The number of hydrogen-bond donors (Lipinski definition) is 1. The standard InChI is InChI=1S/C27H46O/c1-6-27-14-7-8-20(27)18-9-10-22-25(4,19(18)11-17-27)15-12-21-24(2,3)23(28)13-16-26(21,22)5/h18-23,28H,6-17H2,1-5H3. The Morgan fingerprint density at radius 2 is 1.46 bits per heavy atom. The lowest BCUT2D eigenvalue weighted by atomic mass is 9.36. The third-order valence-electron chi connectivity index (χ3n) is 12.4. The minimum absolute atomic E-state index is 0.0930. The van der Waals surface area contributed by atoms with E-state index in [4.69, 9.17) is 0 Å². The monoisotopic (exact) mass is 386 g/mol. The van der Waals surface area contributed by atoms with Gasteiger partial charge >= 0.3 is 0 Å². The minimum Gasteiger partial charge on any atom is -0.393 e. The molecule has 0 spiro atoms. The fraction of sp³-hybridized carbons (Fsp3) is 1.00. The van der Waals surface area contributed by atoms with Crippen molar-refractivity contribution in [1.29, 1.82) is 0 Å². The van der Waals surface area contributed by atoms with Crippen LogP contribution in [0.2, 0.25) is 0 Å². The second kappa shape index (κ2) is 6.24. The lowest BCUT2D eigenvalue weighted by Gasteiger charge is -2.69. The van der Waals surface area contributed by atoms with Crippen LogP contribution in [0, 0.1) is 51.2 Å². The van der Waals surface area contributed by atoms with Gasteiger partial charge in [-0.15, -0.1) is 0 Å². The summed E-state index contributed by atoms with van der Waals surface area (Å²) in [6, 6.07) is 0. The summed E-state index contributed by atoms with van der Waals surface area (Å²) in [6.07, 6.45) is 17.1. The van der Waals surface area contributed by atoms with Crippen LogP contribution in [0.15, 0.2) is 0 Å². The summed E-state index contributed by atoms with van der Waals surface area (Å²) in [5.74, 6) is 4.66. The third-order valence-corrected chi connectivity index (χ3v) is 12.4. The van der Waals surface area contributed by atoms with Crippen LogP contribution in [0.4, 0.5) is 0 Å². The van der Waals surface area contributed by atoms with Crippen molar-refractivity contribution in [3.63, 3.8) is 0 Å². The molecule has 28 heavy (non-hydrogen) atoms. The molecule has 160 valence electrons. The Balaban J connectivity index is 1.48. The van der Waals surface area contributed by atoms with Gasteiger partial charge in [-0.3, -0.25) is 0 Å². The van der Waals surface area contributed by atoms with Gasteiger partial charge in [0.25, 0.3) is 0 Å². The molecule has 5 fully saturated rings. The van der Waals surface area contributed by atoms with Crippen molar-refractivity contribution in [2.45, 2.75) is 118 Å². The predicted octanol–water partition coefficient (Wildman–Crippen LogP) is 7.22. The van der Waals surface area contributed by atoms with E-state index in [0.717, 1.165) is 35.5 Å². The van der Waals surface area contributed by atoms with E-state index < -0.39 is 0 Å². The van der Waals surface area contributed by atoms with Crippen LogP contribution < -0.4 is 0 Å². The smallest absolute Gasteiger partial charge is 0.0594 e. The first-order valence-corrected chi connectivity index (χ1v) is 12.9. The SMILES string of the molecule is CCC12CCCC1C1CCC3C(C)(CCC4C(C)(C)C(O)CCC43C)C1CC2. The zero-order valence-corrected chi connectivity index (χ0v) is 19.4. The molecule has 9 unspecified atom stereocenters. The number of aliphatic hydroxyl groups excluding tert-OH is 1. The van der Waals surface area contributed by atoms with Gasteiger partial charge < -0.3 is 5.11 Å². The largest absolute Gasteiger partial charge is 0.393 e. The molecule has 0 aromatic carbocycles.